The van der Waals surface area contributed by atoms with E-state index in [4.69, 9.17) is 10.5 Å². The van der Waals surface area contributed by atoms with Crippen molar-refractivity contribution in [2.45, 2.75) is 31.0 Å². The number of aromatic hydroxyl groups is 1. The van der Waals surface area contributed by atoms with Crippen LogP contribution < -0.4 is 15.8 Å². The SMILES string of the molecule is COc1ccc(CNCCN(C)C)cc1-c1ccc(O)c2c1C[C@H]1C[C@H]3C(N(C)C)C(=O)C(C(N)=O)=C(O)[C@@]3(O)C(=O)C1=C2O. The fourth-order valence-electron chi connectivity index (χ4n) is 7.11. The lowest BCUT2D eigenvalue weighted by Gasteiger charge is -2.50. The molecule has 1 amide bonds. The van der Waals surface area contributed by atoms with E-state index >= 15 is 0 Å². The molecule has 240 valence electrons. The third-order valence-electron chi connectivity index (χ3n) is 9.22. The van der Waals surface area contributed by atoms with Gasteiger partial charge in [0.05, 0.1) is 18.7 Å². The number of aliphatic hydroxyl groups excluding tert-OH is 2. The van der Waals surface area contributed by atoms with Crippen LogP contribution in [0.5, 0.6) is 11.5 Å². The molecule has 0 saturated heterocycles. The van der Waals surface area contributed by atoms with Gasteiger partial charge in [-0.2, -0.15) is 0 Å². The number of primary amides is 1. The molecule has 0 spiro atoms. The van der Waals surface area contributed by atoms with Crippen molar-refractivity contribution in [2.24, 2.45) is 17.6 Å². The molecule has 1 saturated carbocycles. The summed E-state index contributed by atoms with van der Waals surface area (Å²) in [4.78, 5) is 43.2. The van der Waals surface area contributed by atoms with Crippen LogP contribution in [0.25, 0.3) is 16.9 Å². The van der Waals surface area contributed by atoms with Gasteiger partial charge in [-0.1, -0.05) is 12.1 Å². The Morgan fingerprint density at radius 1 is 1.09 bits per heavy atom. The predicted octanol–water partition coefficient (Wildman–Crippen LogP) is 1.29. The average molecular weight is 621 g/mol. The molecule has 0 bridgehead atoms. The lowest BCUT2D eigenvalue weighted by atomic mass is 9.57. The number of phenols is 1. The fraction of sp³-hybridized carbons (Fsp3) is 0.424. The minimum atomic E-state index is -2.69. The molecular formula is C33H40N4O8. The van der Waals surface area contributed by atoms with Crippen LogP contribution in [0.2, 0.25) is 0 Å². The molecule has 0 radical (unpaired) electrons. The molecule has 3 aliphatic carbocycles. The predicted molar refractivity (Wildman–Crippen MR) is 166 cm³/mol. The zero-order valence-corrected chi connectivity index (χ0v) is 26.0. The number of ether oxygens (including phenoxy) is 1. The van der Waals surface area contributed by atoms with E-state index in [2.05, 4.69) is 10.2 Å². The fourth-order valence-corrected chi connectivity index (χ4v) is 7.11. The minimum absolute atomic E-state index is 0.00777. The van der Waals surface area contributed by atoms with E-state index in [0.717, 1.165) is 24.2 Å². The lowest BCUT2D eigenvalue weighted by Crippen LogP contribution is -2.65. The van der Waals surface area contributed by atoms with E-state index in [0.29, 0.717) is 23.4 Å². The van der Waals surface area contributed by atoms with Gasteiger partial charge in [0.25, 0.3) is 5.91 Å². The number of aliphatic hydroxyl groups is 3. The van der Waals surface area contributed by atoms with Crippen molar-refractivity contribution in [3.8, 4) is 22.6 Å². The van der Waals surface area contributed by atoms with E-state index in [1.54, 1.807) is 27.3 Å². The van der Waals surface area contributed by atoms with Crippen molar-refractivity contribution in [1.82, 2.24) is 15.1 Å². The largest absolute Gasteiger partial charge is 0.508 e. The van der Waals surface area contributed by atoms with Crippen molar-refractivity contribution in [3.63, 3.8) is 0 Å². The molecule has 1 fully saturated rings. The van der Waals surface area contributed by atoms with Gasteiger partial charge in [-0.3, -0.25) is 19.3 Å². The summed E-state index contributed by atoms with van der Waals surface area (Å²) in [7, 11) is 8.69. The monoisotopic (exact) mass is 620 g/mol. The number of carbonyl (C=O) groups excluding carboxylic acids is 3. The van der Waals surface area contributed by atoms with Crippen LogP contribution in [0.1, 0.15) is 23.1 Å². The number of likely N-dealkylation sites (N-methyl/N-ethyl adjacent to an activating group) is 2. The van der Waals surface area contributed by atoms with Gasteiger partial charge in [-0.25, -0.2) is 0 Å². The van der Waals surface area contributed by atoms with Crippen LogP contribution in [-0.2, 0) is 27.3 Å². The molecule has 0 aromatic heterocycles. The molecule has 0 aliphatic heterocycles. The molecule has 4 atom stereocenters. The van der Waals surface area contributed by atoms with Gasteiger partial charge in [0.1, 0.15) is 28.6 Å². The quantitative estimate of drug-likeness (QED) is 0.175. The van der Waals surface area contributed by atoms with Gasteiger partial charge < -0.3 is 41.1 Å². The number of ketones is 2. The molecule has 7 N–H and O–H groups in total. The highest BCUT2D eigenvalue weighted by atomic mass is 16.5. The zero-order valence-electron chi connectivity index (χ0n) is 26.0. The highest BCUT2D eigenvalue weighted by molar-refractivity contribution is 6.24. The van der Waals surface area contributed by atoms with E-state index in [1.807, 2.05) is 32.3 Å². The zero-order chi connectivity index (χ0) is 33.0. The normalized spacial score (nSPS) is 24.6. The van der Waals surface area contributed by atoms with Gasteiger partial charge >= 0.3 is 0 Å². The number of amides is 1. The molecule has 3 aliphatic rings. The number of hydrogen-bond donors (Lipinski definition) is 6. The first-order valence-electron chi connectivity index (χ1n) is 14.8. The second-order valence-electron chi connectivity index (χ2n) is 12.5. The number of fused-ring (bicyclic) bond motifs is 3. The third-order valence-corrected chi connectivity index (χ3v) is 9.22. The molecule has 2 aromatic rings. The van der Waals surface area contributed by atoms with Crippen LogP contribution in [0.15, 0.2) is 47.2 Å². The maximum absolute atomic E-state index is 14.1. The summed E-state index contributed by atoms with van der Waals surface area (Å²) < 4.78 is 5.70. The number of nitrogens with one attached hydrogen (secondary N) is 1. The smallest absolute Gasteiger partial charge is 0.255 e. The van der Waals surface area contributed by atoms with Crippen LogP contribution in [-0.4, -0.2) is 108 Å². The molecule has 12 nitrogen and oxygen atoms in total. The molecule has 45 heavy (non-hydrogen) atoms. The number of rotatable bonds is 9. The van der Waals surface area contributed by atoms with Crippen LogP contribution >= 0.6 is 0 Å². The number of benzene rings is 2. The summed E-state index contributed by atoms with van der Waals surface area (Å²) in [5.41, 5.74) is 4.66. The third kappa shape index (κ3) is 5.17. The second kappa shape index (κ2) is 11.9. The van der Waals surface area contributed by atoms with E-state index < -0.39 is 58.0 Å². The van der Waals surface area contributed by atoms with Gasteiger partial charge in [-0.05, 0) is 81.8 Å². The molecule has 1 unspecified atom stereocenters. The maximum atomic E-state index is 14.1. The maximum Gasteiger partial charge on any atom is 0.255 e. The number of Topliss-reactive ketones (excluding diaryl/α,β-unsaturated/α-hetero) is 2. The summed E-state index contributed by atoms with van der Waals surface area (Å²) in [6.45, 7) is 2.26. The number of phenolic OH excluding ortho intramolecular Hbond substituents is 1. The highest BCUT2D eigenvalue weighted by Gasteiger charge is 2.64. The Morgan fingerprint density at radius 3 is 2.42 bits per heavy atom. The summed E-state index contributed by atoms with van der Waals surface area (Å²) >= 11 is 0. The molecule has 5 rings (SSSR count). The van der Waals surface area contributed by atoms with Crippen LogP contribution in [0.4, 0.5) is 0 Å². The summed E-state index contributed by atoms with van der Waals surface area (Å²) in [6, 6.07) is 7.78. The molecule has 12 heteroatoms. The van der Waals surface area contributed by atoms with Gasteiger partial charge in [-0.15, -0.1) is 0 Å². The Labute approximate surface area is 261 Å². The van der Waals surface area contributed by atoms with E-state index in [9.17, 15) is 34.8 Å². The second-order valence-corrected chi connectivity index (χ2v) is 12.5. The summed E-state index contributed by atoms with van der Waals surface area (Å²) in [5, 5.41) is 48.9. The Hall–Kier alpha value is -4.23. The first-order chi connectivity index (χ1) is 21.2. The van der Waals surface area contributed by atoms with Crippen molar-refractivity contribution in [2.75, 3.05) is 48.4 Å². The molecule has 0 heterocycles. The van der Waals surface area contributed by atoms with Crippen molar-refractivity contribution in [3.05, 3.63) is 63.9 Å². The molecular weight excluding hydrogens is 580 g/mol. The number of hydrogen-bond acceptors (Lipinski definition) is 11. The summed E-state index contributed by atoms with van der Waals surface area (Å²) in [6.07, 6.45) is 0.181. The Balaban J connectivity index is 1.64. The number of nitrogens with two attached hydrogens (primary N) is 1. The minimum Gasteiger partial charge on any atom is -0.508 e. The standard InChI is InChI=1S/C33H40N4O8/c1-36(2)11-10-35-15-16-6-9-23(45-5)19(12-16)18-7-8-22(38)25-20(18)13-17-14-21-27(37(3)4)29(40)26(32(34)43)31(42)33(21,44)30(41)24(17)28(25)39/h6-9,12,17,21,27,35,38-39,42,44H,10-11,13-15H2,1-5H3,(H2,34,43)/t17-,21-,27?,33-/m0/s1. The van der Waals surface area contributed by atoms with Gasteiger partial charge in [0.15, 0.2) is 11.4 Å². The first kappa shape index (κ1) is 32.2. The van der Waals surface area contributed by atoms with Crippen LogP contribution in [0, 0.1) is 11.8 Å². The average Bonchev–Trinajstić information content (AvgIpc) is 2.97. The lowest BCUT2D eigenvalue weighted by molar-refractivity contribution is -0.153. The summed E-state index contributed by atoms with van der Waals surface area (Å²) in [5.74, 6) is -6.30. The Morgan fingerprint density at radius 2 is 1.80 bits per heavy atom. The Kier molecular flexibility index (Phi) is 8.53. The van der Waals surface area contributed by atoms with E-state index in [-0.39, 0.29) is 29.7 Å². The number of carbonyl (C=O) groups is 3. The first-order valence-corrected chi connectivity index (χ1v) is 14.8. The van der Waals surface area contributed by atoms with Crippen molar-refractivity contribution >= 4 is 23.2 Å². The van der Waals surface area contributed by atoms with Crippen molar-refractivity contribution in [1.29, 1.82) is 0 Å². The topological polar surface area (TPSA) is 186 Å². The highest BCUT2D eigenvalue weighted by Crippen LogP contribution is 2.54. The Bertz CT molecular complexity index is 1650. The van der Waals surface area contributed by atoms with E-state index in [1.165, 1.54) is 11.0 Å². The van der Waals surface area contributed by atoms with Gasteiger partial charge in [0, 0.05) is 36.7 Å². The number of nitrogens with zero attached hydrogens (tertiary/aromatic N) is 2. The van der Waals surface area contributed by atoms with Crippen LogP contribution in [0.3, 0.4) is 0 Å². The molecule has 2 aromatic carbocycles. The van der Waals surface area contributed by atoms with Gasteiger partial charge in [0.2, 0.25) is 5.78 Å². The van der Waals surface area contributed by atoms with Crippen molar-refractivity contribution < 1.29 is 39.5 Å². The number of methoxy groups -OCH3 is 1.